The Morgan fingerprint density at radius 1 is 1.13 bits per heavy atom. The highest BCUT2D eigenvalue weighted by Crippen LogP contribution is 2.28. The lowest BCUT2D eigenvalue weighted by atomic mass is 9.85. The predicted octanol–water partition coefficient (Wildman–Crippen LogP) is 3.48. The van der Waals surface area contributed by atoms with Crippen molar-refractivity contribution in [2.45, 2.75) is 40.0 Å². The van der Waals surface area contributed by atoms with Crippen molar-refractivity contribution in [3.8, 4) is 0 Å². The molecule has 1 heterocycles. The fourth-order valence-corrected chi connectivity index (χ4v) is 1.85. The second kappa shape index (κ2) is 3.09. The lowest BCUT2D eigenvalue weighted by molar-refractivity contribution is 0.590. The zero-order chi connectivity index (χ0) is 11.2. The molecule has 2 nitrogen and oxygen atoms in total. The molecule has 0 spiro atoms. The van der Waals surface area contributed by atoms with Gasteiger partial charge in [0.15, 0.2) is 0 Å². The molecule has 0 aliphatic carbocycles. The summed E-state index contributed by atoms with van der Waals surface area (Å²) in [5.41, 5.74) is 5.07. The van der Waals surface area contributed by atoms with E-state index in [9.17, 15) is 0 Å². The predicted molar refractivity (Wildman–Crippen MR) is 64.3 cm³/mol. The summed E-state index contributed by atoms with van der Waals surface area (Å²) >= 11 is 0. The third kappa shape index (κ3) is 1.65. The Labute approximate surface area is 90.7 Å². The van der Waals surface area contributed by atoms with Gasteiger partial charge in [-0.2, -0.15) is 5.10 Å². The van der Waals surface area contributed by atoms with Gasteiger partial charge in [0.05, 0.1) is 5.52 Å². The van der Waals surface area contributed by atoms with Crippen molar-refractivity contribution in [3.63, 3.8) is 0 Å². The van der Waals surface area contributed by atoms with Crippen LogP contribution in [-0.2, 0) is 5.41 Å². The lowest BCUT2D eigenvalue weighted by Gasteiger charge is -2.19. The maximum absolute atomic E-state index is 4.32. The van der Waals surface area contributed by atoms with Crippen LogP contribution in [0.1, 0.15) is 37.6 Å². The molecule has 1 N–H and O–H groups in total. The van der Waals surface area contributed by atoms with Crippen LogP contribution in [0.5, 0.6) is 0 Å². The van der Waals surface area contributed by atoms with Gasteiger partial charge in [-0.1, -0.05) is 26.8 Å². The van der Waals surface area contributed by atoms with E-state index < -0.39 is 0 Å². The lowest BCUT2D eigenvalue weighted by Crippen LogP contribution is -2.11. The summed E-state index contributed by atoms with van der Waals surface area (Å²) in [5.74, 6) is 0. The van der Waals surface area contributed by atoms with Gasteiger partial charge in [0, 0.05) is 11.1 Å². The van der Waals surface area contributed by atoms with E-state index in [4.69, 9.17) is 0 Å². The molecule has 80 valence electrons. The standard InChI is InChI=1S/C13H18N2/c1-8-6-10(13(3,4)5)7-11-9(2)14-15-12(8)11/h6-7H,1-5H3,(H,14,15). The number of benzene rings is 1. The number of fused-ring (bicyclic) bond motifs is 1. The Kier molecular flexibility index (Phi) is 2.10. The largest absolute Gasteiger partial charge is 0.282 e. The molecule has 2 aromatic rings. The first-order valence-electron chi connectivity index (χ1n) is 5.35. The number of H-pyrrole nitrogens is 1. The van der Waals surface area contributed by atoms with Gasteiger partial charge in [-0.15, -0.1) is 0 Å². The average Bonchev–Trinajstić information content (AvgIpc) is 2.47. The zero-order valence-corrected chi connectivity index (χ0v) is 10.1. The van der Waals surface area contributed by atoms with Crippen molar-refractivity contribution in [2.75, 3.05) is 0 Å². The Morgan fingerprint density at radius 2 is 1.80 bits per heavy atom. The molecular formula is C13H18N2. The highest BCUT2D eigenvalue weighted by Gasteiger charge is 2.16. The van der Waals surface area contributed by atoms with Gasteiger partial charge in [0.2, 0.25) is 0 Å². The smallest absolute Gasteiger partial charge is 0.0952 e. The van der Waals surface area contributed by atoms with Gasteiger partial charge in [-0.3, -0.25) is 5.10 Å². The van der Waals surface area contributed by atoms with E-state index in [-0.39, 0.29) is 5.41 Å². The molecule has 0 radical (unpaired) electrons. The molecule has 0 fully saturated rings. The second-order valence-corrected chi connectivity index (χ2v) is 5.29. The number of rotatable bonds is 0. The summed E-state index contributed by atoms with van der Waals surface area (Å²) in [4.78, 5) is 0. The molecule has 0 bridgehead atoms. The van der Waals surface area contributed by atoms with Crippen molar-refractivity contribution in [1.82, 2.24) is 10.2 Å². The first-order chi connectivity index (χ1) is 6.89. The van der Waals surface area contributed by atoms with Gasteiger partial charge in [-0.05, 0) is 36.5 Å². The molecule has 0 atom stereocenters. The van der Waals surface area contributed by atoms with Gasteiger partial charge in [0.25, 0.3) is 0 Å². The highest BCUT2D eigenvalue weighted by atomic mass is 15.1. The van der Waals surface area contributed by atoms with Crippen molar-refractivity contribution in [2.24, 2.45) is 0 Å². The van der Waals surface area contributed by atoms with Crippen molar-refractivity contribution in [1.29, 1.82) is 0 Å². The van der Waals surface area contributed by atoms with E-state index in [0.717, 1.165) is 11.2 Å². The number of aryl methyl sites for hydroxylation is 2. The van der Waals surface area contributed by atoms with Crippen LogP contribution in [0.25, 0.3) is 10.9 Å². The van der Waals surface area contributed by atoms with E-state index in [1.54, 1.807) is 0 Å². The zero-order valence-electron chi connectivity index (χ0n) is 10.1. The molecule has 0 saturated heterocycles. The first-order valence-corrected chi connectivity index (χ1v) is 5.35. The fraction of sp³-hybridized carbons (Fsp3) is 0.462. The number of aromatic nitrogens is 2. The van der Waals surface area contributed by atoms with Gasteiger partial charge < -0.3 is 0 Å². The molecule has 2 rings (SSSR count). The number of hydrogen-bond donors (Lipinski definition) is 1. The van der Waals surface area contributed by atoms with E-state index >= 15 is 0 Å². The summed E-state index contributed by atoms with van der Waals surface area (Å²) < 4.78 is 0. The molecular weight excluding hydrogens is 184 g/mol. The van der Waals surface area contributed by atoms with Gasteiger partial charge >= 0.3 is 0 Å². The number of aromatic amines is 1. The van der Waals surface area contributed by atoms with Crippen LogP contribution in [0.15, 0.2) is 12.1 Å². The molecule has 0 aliphatic heterocycles. The Balaban J connectivity index is 2.76. The number of hydrogen-bond acceptors (Lipinski definition) is 1. The fourth-order valence-electron chi connectivity index (χ4n) is 1.85. The minimum Gasteiger partial charge on any atom is -0.282 e. The summed E-state index contributed by atoms with van der Waals surface area (Å²) in [5, 5.41) is 8.61. The molecule has 15 heavy (non-hydrogen) atoms. The van der Waals surface area contributed by atoms with E-state index in [2.05, 4.69) is 56.9 Å². The minimum absolute atomic E-state index is 0.197. The highest BCUT2D eigenvalue weighted by molar-refractivity contribution is 5.85. The molecule has 0 aliphatic rings. The molecule has 1 aromatic carbocycles. The third-order valence-corrected chi connectivity index (χ3v) is 2.91. The van der Waals surface area contributed by atoms with Gasteiger partial charge in [-0.25, -0.2) is 0 Å². The van der Waals surface area contributed by atoms with Crippen LogP contribution >= 0.6 is 0 Å². The second-order valence-electron chi connectivity index (χ2n) is 5.29. The molecule has 0 saturated carbocycles. The van der Waals surface area contributed by atoms with Crippen LogP contribution in [0.2, 0.25) is 0 Å². The topological polar surface area (TPSA) is 28.7 Å². The molecule has 2 heteroatoms. The van der Waals surface area contributed by atoms with Crippen LogP contribution in [0, 0.1) is 13.8 Å². The number of nitrogens with one attached hydrogen (secondary N) is 1. The summed E-state index contributed by atoms with van der Waals surface area (Å²) in [6.07, 6.45) is 0. The van der Waals surface area contributed by atoms with Crippen LogP contribution in [0.3, 0.4) is 0 Å². The van der Waals surface area contributed by atoms with Crippen molar-refractivity contribution in [3.05, 3.63) is 29.0 Å². The van der Waals surface area contributed by atoms with Crippen LogP contribution in [-0.4, -0.2) is 10.2 Å². The average molecular weight is 202 g/mol. The normalized spacial score (nSPS) is 12.3. The van der Waals surface area contributed by atoms with Crippen LogP contribution in [0.4, 0.5) is 0 Å². The van der Waals surface area contributed by atoms with Gasteiger partial charge in [0.1, 0.15) is 0 Å². The van der Waals surface area contributed by atoms with Crippen molar-refractivity contribution < 1.29 is 0 Å². The van der Waals surface area contributed by atoms with E-state index in [1.165, 1.54) is 16.5 Å². The maximum Gasteiger partial charge on any atom is 0.0952 e. The number of nitrogens with zero attached hydrogens (tertiary/aromatic N) is 1. The Bertz CT molecular complexity index is 501. The van der Waals surface area contributed by atoms with Crippen molar-refractivity contribution >= 4 is 10.9 Å². The first kappa shape index (κ1) is 10.2. The monoisotopic (exact) mass is 202 g/mol. The van der Waals surface area contributed by atoms with E-state index in [0.29, 0.717) is 0 Å². The summed E-state index contributed by atoms with van der Waals surface area (Å²) in [7, 11) is 0. The molecule has 0 unspecified atom stereocenters. The molecule has 0 amide bonds. The van der Waals surface area contributed by atoms with Crippen LogP contribution < -0.4 is 0 Å². The third-order valence-electron chi connectivity index (χ3n) is 2.91. The summed E-state index contributed by atoms with van der Waals surface area (Å²) in [6, 6.07) is 4.49. The summed E-state index contributed by atoms with van der Waals surface area (Å²) in [6.45, 7) is 10.9. The SMILES string of the molecule is Cc1[nH]nc2c(C)cc(C(C)(C)C)cc12. The minimum atomic E-state index is 0.197. The van der Waals surface area contributed by atoms with E-state index in [1.807, 2.05) is 0 Å². The molecule has 1 aromatic heterocycles. The Hall–Kier alpha value is -1.31. The maximum atomic E-state index is 4.32. The Morgan fingerprint density at radius 3 is 2.40 bits per heavy atom. The quantitative estimate of drug-likeness (QED) is 0.696.